The van der Waals surface area contributed by atoms with Gasteiger partial charge in [0.15, 0.2) is 6.10 Å². The van der Waals surface area contributed by atoms with Gasteiger partial charge in [-0.1, -0.05) is 42.5 Å². The van der Waals surface area contributed by atoms with Crippen LogP contribution in [0.5, 0.6) is 0 Å². The Morgan fingerprint density at radius 1 is 1.05 bits per heavy atom. The minimum absolute atomic E-state index is 0.00823. The third kappa shape index (κ3) is 1.96. The Hall–Kier alpha value is -2.73. The van der Waals surface area contributed by atoms with Crippen molar-refractivity contribution in [2.24, 2.45) is 0 Å². The van der Waals surface area contributed by atoms with Crippen LogP contribution in [0.3, 0.4) is 0 Å². The highest BCUT2D eigenvalue weighted by molar-refractivity contribution is 5.74. The van der Waals surface area contributed by atoms with Gasteiger partial charge in [-0.15, -0.1) is 0 Å². The predicted octanol–water partition coefficient (Wildman–Crippen LogP) is 3.11. The first-order valence-electron chi connectivity index (χ1n) is 6.97. The van der Waals surface area contributed by atoms with E-state index < -0.39 is 0 Å². The summed E-state index contributed by atoms with van der Waals surface area (Å²) < 4.78 is 5.50. The van der Waals surface area contributed by atoms with Crippen molar-refractivity contribution in [2.75, 3.05) is 0 Å². The summed E-state index contributed by atoms with van der Waals surface area (Å²) in [7, 11) is 0. The fraction of sp³-hybridized carbons (Fsp3) is 0.167. The monoisotopic (exact) mass is 275 g/mol. The van der Waals surface area contributed by atoms with Gasteiger partial charge in [0.2, 0.25) is 0 Å². The maximum Gasteiger partial charge on any atom is 0.422 e. The standard InChI is InChI=1S/C18H13NO2/c20-18-19(11-10-13-6-2-1-3-7-13)16-12-14-8-4-5-9-15(14)17(16)21-18/h1-9,16-17H,12H2. The maximum atomic E-state index is 12.0. The zero-order chi connectivity index (χ0) is 14.2. The highest BCUT2D eigenvalue weighted by Crippen LogP contribution is 2.41. The average molecular weight is 275 g/mol. The Kier molecular flexibility index (Phi) is 2.68. The first-order valence-corrected chi connectivity index (χ1v) is 6.97. The molecule has 0 bridgehead atoms. The quantitative estimate of drug-likeness (QED) is 0.691. The van der Waals surface area contributed by atoms with Crippen LogP contribution in [-0.2, 0) is 11.2 Å². The van der Waals surface area contributed by atoms with Crippen molar-refractivity contribution < 1.29 is 9.53 Å². The molecule has 2 aliphatic rings. The van der Waals surface area contributed by atoms with Crippen LogP contribution in [-0.4, -0.2) is 17.0 Å². The minimum Gasteiger partial charge on any atom is -0.438 e. The van der Waals surface area contributed by atoms with Crippen LogP contribution >= 0.6 is 0 Å². The molecule has 0 saturated carbocycles. The second-order valence-electron chi connectivity index (χ2n) is 5.25. The Morgan fingerprint density at radius 2 is 1.81 bits per heavy atom. The summed E-state index contributed by atoms with van der Waals surface area (Å²) in [6.45, 7) is 0. The first kappa shape index (κ1) is 12.0. The summed E-state index contributed by atoms with van der Waals surface area (Å²) in [5, 5.41) is 0. The van der Waals surface area contributed by atoms with Crippen molar-refractivity contribution in [1.29, 1.82) is 0 Å². The lowest BCUT2D eigenvalue weighted by atomic mass is 10.1. The molecule has 1 aliphatic heterocycles. The number of nitrogens with zero attached hydrogens (tertiary/aromatic N) is 1. The van der Waals surface area contributed by atoms with Gasteiger partial charge in [-0.25, -0.2) is 9.69 Å². The number of rotatable bonds is 0. The van der Waals surface area contributed by atoms with Gasteiger partial charge in [0.1, 0.15) is 0 Å². The van der Waals surface area contributed by atoms with Gasteiger partial charge in [0.05, 0.1) is 6.04 Å². The summed E-state index contributed by atoms with van der Waals surface area (Å²) in [5.74, 6) is 3.03. The molecule has 1 aliphatic carbocycles. The summed E-state index contributed by atoms with van der Waals surface area (Å²) in [6, 6.07) is 20.7. The summed E-state index contributed by atoms with van der Waals surface area (Å²) >= 11 is 0. The molecule has 4 rings (SSSR count). The predicted molar refractivity (Wildman–Crippen MR) is 78.3 cm³/mol. The topological polar surface area (TPSA) is 29.5 Å². The van der Waals surface area contributed by atoms with Crippen LogP contribution < -0.4 is 0 Å². The molecule has 2 atom stereocenters. The molecule has 0 radical (unpaired) electrons. The molecule has 1 fully saturated rings. The Labute approximate surface area is 123 Å². The molecule has 1 saturated heterocycles. The second kappa shape index (κ2) is 4.68. The normalized spacial score (nSPS) is 22.1. The molecule has 0 N–H and O–H groups in total. The molecule has 3 nitrogen and oxygen atoms in total. The van der Waals surface area contributed by atoms with E-state index in [0.717, 1.165) is 17.5 Å². The van der Waals surface area contributed by atoms with Crippen molar-refractivity contribution in [3.8, 4) is 12.0 Å². The highest BCUT2D eigenvalue weighted by Gasteiger charge is 2.47. The smallest absolute Gasteiger partial charge is 0.422 e. The van der Waals surface area contributed by atoms with Gasteiger partial charge < -0.3 is 4.74 Å². The average Bonchev–Trinajstić information content (AvgIpc) is 3.01. The van der Waals surface area contributed by atoms with Gasteiger partial charge in [0.25, 0.3) is 0 Å². The number of ether oxygens (including phenoxy) is 1. The molecule has 0 spiro atoms. The molecule has 1 amide bonds. The van der Waals surface area contributed by atoms with E-state index in [4.69, 9.17) is 4.74 Å². The number of hydrogen-bond donors (Lipinski definition) is 0. The SMILES string of the molecule is O=C1OC2c3ccccc3CC2N1C#Cc1ccccc1. The summed E-state index contributed by atoms with van der Waals surface area (Å²) in [5.41, 5.74) is 3.25. The van der Waals surface area contributed by atoms with E-state index in [0.29, 0.717) is 0 Å². The molecule has 21 heavy (non-hydrogen) atoms. The lowest BCUT2D eigenvalue weighted by Crippen LogP contribution is -2.29. The van der Waals surface area contributed by atoms with E-state index in [9.17, 15) is 4.79 Å². The van der Waals surface area contributed by atoms with Gasteiger partial charge in [-0.2, -0.15) is 0 Å². The number of amides is 1. The van der Waals surface area contributed by atoms with E-state index in [-0.39, 0.29) is 18.2 Å². The lowest BCUT2D eigenvalue weighted by Gasteiger charge is -2.11. The zero-order valence-electron chi connectivity index (χ0n) is 11.3. The highest BCUT2D eigenvalue weighted by atomic mass is 16.6. The van der Waals surface area contributed by atoms with Crippen LogP contribution in [0.1, 0.15) is 22.8 Å². The molecule has 1 heterocycles. The molecule has 3 heteroatoms. The van der Waals surface area contributed by atoms with Gasteiger partial charge in [0, 0.05) is 11.6 Å². The lowest BCUT2D eigenvalue weighted by molar-refractivity contribution is 0.134. The van der Waals surface area contributed by atoms with Crippen molar-refractivity contribution in [2.45, 2.75) is 18.6 Å². The molecular weight excluding hydrogens is 262 g/mol. The van der Waals surface area contributed by atoms with Crippen LogP contribution in [0, 0.1) is 12.0 Å². The molecule has 2 unspecified atom stereocenters. The van der Waals surface area contributed by atoms with E-state index in [1.807, 2.05) is 48.5 Å². The summed E-state index contributed by atoms with van der Waals surface area (Å²) in [6.07, 6.45) is 0.275. The Balaban J connectivity index is 1.64. The number of hydrogen-bond acceptors (Lipinski definition) is 2. The third-order valence-corrected chi connectivity index (χ3v) is 3.99. The van der Waals surface area contributed by atoms with Crippen molar-refractivity contribution in [3.63, 3.8) is 0 Å². The van der Waals surface area contributed by atoms with E-state index in [1.54, 1.807) is 0 Å². The number of carbonyl (C=O) groups is 1. The first-order chi connectivity index (χ1) is 10.3. The van der Waals surface area contributed by atoms with E-state index >= 15 is 0 Å². The van der Waals surface area contributed by atoms with Crippen LogP contribution in [0.25, 0.3) is 0 Å². The number of carbonyl (C=O) groups excluding carboxylic acids is 1. The van der Waals surface area contributed by atoms with Gasteiger partial charge in [-0.3, -0.25) is 0 Å². The number of fused-ring (bicyclic) bond motifs is 3. The minimum atomic E-state index is -0.345. The van der Waals surface area contributed by atoms with Crippen molar-refractivity contribution >= 4 is 6.09 Å². The maximum absolute atomic E-state index is 12.0. The van der Waals surface area contributed by atoms with Crippen LogP contribution in [0.4, 0.5) is 4.79 Å². The van der Waals surface area contributed by atoms with E-state index in [2.05, 4.69) is 18.0 Å². The van der Waals surface area contributed by atoms with Crippen LogP contribution in [0.2, 0.25) is 0 Å². The third-order valence-electron chi connectivity index (χ3n) is 3.99. The van der Waals surface area contributed by atoms with Crippen molar-refractivity contribution in [1.82, 2.24) is 4.90 Å². The van der Waals surface area contributed by atoms with Gasteiger partial charge >= 0.3 is 6.09 Å². The molecule has 0 aromatic heterocycles. The fourth-order valence-corrected chi connectivity index (χ4v) is 2.98. The zero-order valence-corrected chi connectivity index (χ0v) is 11.3. The van der Waals surface area contributed by atoms with Crippen LogP contribution in [0.15, 0.2) is 54.6 Å². The van der Waals surface area contributed by atoms with Crippen molar-refractivity contribution in [3.05, 3.63) is 71.3 Å². The Morgan fingerprint density at radius 3 is 2.67 bits per heavy atom. The largest absolute Gasteiger partial charge is 0.438 e. The molecule has 2 aromatic rings. The molecule has 102 valence electrons. The van der Waals surface area contributed by atoms with E-state index in [1.165, 1.54) is 10.5 Å². The van der Waals surface area contributed by atoms with Gasteiger partial charge in [-0.05, 0) is 35.6 Å². The number of benzene rings is 2. The second-order valence-corrected chi connectivity index (χ2v) is 5.25. The molecule has 2 aromatic carbocycles. The Bertz CT molecular complexity index is 758. The fourth-order valence-electron chi connectivity index (χ4n) is 2.98. The summed E-state index contributed by atoms with van der Waals surface area (Å²) in [4.78, 5) is 13.6. The molecular formula is C18H13NO2.